The second-order valence-electron chi connectivity index (χ2n) is 3.91. The van der Waals surface area contributed by atoms with E-state index < -0.39 is 11.7 Å². The molecule has 1 aromatic rings. The second-order valence-corrected chi connectivity index (χ2v) is 3.91. The van der Waals surface area contributed by atoms with Crippen LogP contribution in [0.1, 0.15) is 19.5 Å². The summed E-state index contributed by atoms with van der Waals surface area (Å²) in [5, 5.41) is 17.5. The van der Waals surface area contributed by atoms with Gasteiger partial charge in [-0.1, -0.05) is 5.21 Å². The van der Waals surface area contributed by atoms with E-state index in [1.165, 1.54) is 0 Å². The summed E-state index contributed by atoms with van der Waals surface area (Å²) >= 11 is 0. The van der Waals surface area contributed by atoms with Gasteiger partial charge in [0.2, 0.25) is 0 Å². The van der Waals surface area contributed by atoms with Crippen molar-refractivity contribution in [3.8, 4) is 0 Å². The van der Waals surface area contributed by atoms with Crippen molar-refractivity contribution in [3.63, 3.8) is 0 Å². The Labute approximate surface area is 83.7 Å². The predicted octanol–water partition coefficient (Wildman–Crippen LogP) is 0.143. The van der Waals surface area contributed by atoms with E-state index in [1.54, 1.807) is 25.0 Å². The minimum atomic E-state index is -0.579. The second kappa shape index (κ2) is 4.06. The third kappa shape index (κ3) is 2.52. The summed E-state index contributed by atoms with van der Waals surface area (Å²) in [6, 6.07) is 0. The van der Waals surface area contributed by atoms with Gasteiger partial charge < -0.3 is 9.84 Å². The van der Waals surface area contributed by atoms with E-state index in [2.05, 4.69) is 10.3 Å². The average Bonchev–Trinajstić information content (AvgIpc) is 2.51. The van der Waals surface area contributed by atoms with Crippen LogP contribution in [0.3, 0.4) is 0 Å². The van der Waals surface area contributed by atoms with Crippen LogP contribution in [0.5, 0.6) is 0 Å². The maximum Gasteiger partial charge on any atom is 0.0884 e. The minimum Gasteiger partial charge on any atom is -0.390 e. The van der Waals surface area contributed by atoms with Crippen molar-refractivity contribution in [1.29, 1.82) is 0 Å². The molecule has 14 heavy (non-hydrogen) atoms. The Bertz CT molecular complexity index is 296. The van der Waals surface area contributed by atoms with Gasteiger partial charge in [0.15, 0.2) is 0 Å². The summed E-state index contributed by atoms with van der Waals surface area (Å²) in [5.74, 6) is 0. The highest BCUT2D eigenvalue weighted by molar-refractivity contribution is 4.97. The van der Waals surface area contributed by atoms with Crippen LogP contribution >= 0.6 is 0 Å². The third-order valence-corrected chi connectivity index (χ3v) is 2.38. The number of aryl methyl sites for hydroxylation is 1. The van der Waals surface area contributed by atoms with Gasteiger partial charge in [0.25, 0.3) is 0 Å². The number of methoxy groups -OCH3 is 1. The fraction of sp³-hybridized carbons (Fsp3) is 0.778. The van der Waals surface area contributed by atoms with Gasteiger partial charge in [-0.25, -0.2) is 0 Å². The minimum absolute atomic E-state index is 0.453. The Morgan fingerprint density at radius 2 is 2.29 bits per heavy atom. The molecule has 0 saturated carbocycles. The number of aliphatic hydroxyl groups excluding tert-OH is 1. The lowest BCUT2D eigenvalue weighted by Gasteiger charge is -2.28. The van der Waals surface area contributed by atoms with E-state index in [0.717, 1.165) is 5.69 Å². The number of ether oxygens (including phenoxy) is 1. The van der Waals surface area contributed by atoms with Gasteiger partial charge in [0.05, 0.1) is 17.4 Å². The molecule has 1 aromatic heterocycles. The smallest absolute Gasteiger partial charge is 0.0884 e. The van der Waals surface area contributed by atoms with Gasteiger partial charge >= 0.3 is 0 Å². The molecule has 0 saturated heterocycles. The van der Waals surface area contributed by atoms with Crippen LogP contribution in [-0.4, -0.2) is 38.9 Å². The molecule has 1 heterocycles. The first-order valence-electron chi connectivity index (χ1n) is 4.54. The molecule has 5 heteroatoms. The SMILES string of the molecule is COC(C)(C)C(O)Cc1cn(C)nn1. The maximum atomic E-state index is 9.84. The molecule has 0 aliphatic rings. The summed E-state index contributed by atoms with van der Waals surface area (Å²) in [4.78, 5) is 0. The molecule has 0 spiro atoms. The average molecular weight is 199 g/mol. The first kappa shape index (κ1) is 11.1. The molecule has 1 rings (SSSR count). The van der Waals surface area contributed by atoms with E-state index in [1.807, 2.05) is 13.8 Å². The first-order valence-corrected chi connectivity index (χ1v) is 4.54. The van der Waals surface area contributed by atoms with E-state index in [9.17, 15) is 5.11 Å². The molecule has 1 N–H and O–H groups in total. The molecule has 0 aromatic carbocycles. The highest BCUT2D eigenvalue weighted by atomic mass is 16.5. The summed E-state index contributed by atoms with van der Waals surface area (Å²) < 4.78 is 6.79. The summed E-state index contributed by atoms with van der Waals surface area (Å²) in [6.07, 6.45) is 1.66. The largest absolute Gasteiger partial charge is 0.390 e. The van der Waals surface area contributed by atoms with Crippen molar-refractivity contribution in [2.75, 3.05) is 7.11 Å². The Hall–Kier alpha value is -0.940. The molecule has 1 unspecified atom stereocenters. The summed E-state index contributed by atoms with van der Waals surface area (Å²) in [7, 11) is 3.38. The summed E-state index contributed by atoms with van der Waals surface area (Å²) in [5.41, 5.74) is 0.211. The number of rotatable bonds is 4. The topological polar surface area (TPSA) is 60.2 Å². The van der Waals surface area contributed by atoms with Crippen LogP contribution in [0, 0.1) is 0 Å². The number of hydrogen-bond donors (Lipinski definition) is 1. The molecule has 0 fully saturated rings. The molecule has 0 aliphatic carbocycles. The van der Waals surface area contributed by atoms with Gasteiger partial charge in [-0.2, -0.15) is 0 Å². The van der Waals surface area contributed by atoms with Gasteiger partial charge in [-0.05, 0) is 13.8 Å². The lowest BCUT2D eigenvalue weighted by atomic mass is 9.98. The maximum absolute atomic E-state index is 9.84. The van der Waals surface area contributed by atoms with Gasteiger partial charge in [0, 0.05) is 26.8 Å². The zero-order chi connectivity index (χ0) is 10.8. The van der Waals surface area contributed by atoms with Gasteiger partial charge in [0.1, 0.15) is 0 Å². The van der Waals surface area contributed by atoms with Crippen LogP contribution in [0.15, 0.2) is 6.20 Å². The normalized spacial score (nSPS) is 14.4. The standard InChI is InChI=1S/C9H17N3O2/c1-9(2,14-4)8(13)5-7-6-12(3)11-10-7/h6,8,13H,5H2,1-4H3. The Balaban J connectivity index is 2.61. The Morgan fingerprint density at radius 1 is 1.64 bits per heavy atom. The molecule has 5 nitrogen and oxygen atoms in total. The number of aliphatic hydroxyl groups is 1. The van der Waals surface area contributed by atoms with Crippen LogP contribution < -0.4 is 0 Å². The fourth-order valence-electron chi connectivity index (χ4n) is 1.07. The van der Waals surface area contributed by atoms with Crippen molar-refractivity contribution < 1.29 is 9.84 Å². The lowest BCUT2D eigenvalue weighted by Crippen LogP contribution is -2.39. The molecule has 0 bridgehead atoms. The molecule has 0 radical (unpaired) electrons. The van der Waals surface area contributed by atoms with Crippen molar-refractivity contribution in [2.24, 2.45) is 7.05 Å². The van der Waals surface area contributed by atoms with E-state index in [-0.39, 0.29) is 0 Å². The number of nitrogens with zero attached hydrogens (tertiary/aromatic N) is 3. The van der Waals surface area contributed by atoms with Crippen LogP contribution in [-0.2, 0) is 18.2 Å². The fourth-order valence-corrected chi connectivity index (χ4v) is 1.07. The molecule has 0 aliphatic heterocycles. The van der Waals surface area contributed by atoms with Crippen LogP contribution in [0.2, 0.25) is 0 Å². The quantitative estimate of drug-likeness (QED) is 0.749. The van der Waals surface area contributed by atoms with Crippen molar-refractivity contribution >= 4 is 0 Å². The Kier molecular flexibility index (Phi) is 3.23. The van der Waals surface area contributed by atoms with E-state index in [4.69, 9.17) is 4.74 Å². The van der Waals surface area contributed by atoms with Crippen LogP contribution in [0.4, 0.5) is 0 Å². The molecule has 80 valence electrons. The monoisotopic (exact) mass is 199 g/mol. The van der Waals surface area contributed by atoms with E-state index >= 15 is 0 Å². The highest BCUT2D eigenvalue weighted by Crippen LogP contribution is 2.16. The molecular formula is C9H17N3O2. The highest BCUT2D eigenvalue weighted by Gasteiger charge is 2.28. The first-order chi connectivity index (χ1) is 6.45. The molecular weight excluding hydrogens is 182 g/mol. The van der Waals surface area contributed by atoms with Crippen LogP contribution in [0.25, 0.3) is 0 Å². The zero-order valence-electron chi connectivity index (χ0n) is 9.06. The Morgan fingerprint density at radius 3 is 2.71 bits per heavy atom. The predicted molar refractivity (Wildman–Crippen MR) is 51.8 cm³/mol. The van der Waals surface area contributed by atoms with E-state index in [0.29, 0.717) is 6.42 Å². The van der Waals surface area contributed by atoms with Crippen molar-refractivity contribution in [1.82, 2.24) is 15.0 Å². The van der Waals surface area contributed by atoms with Gasteiger partial charge in [-0.15, -0.1) is 5.10 Å². The lowest BCUT2D eigenvalue weighted by molar-refractivity contribution is -0.0768. The van der Waals surface area contributed by atoms with Crippen molar-refractivity contribution in [3.05, 3.63) is 11.9 Å². The number of aromatic nitrogens is 3. The summed E-state index contributed by atoms with van der Waals surface area (Å²) in [6.45, 7) is 3.68. The number of hydrogen-bond acceptors (Lipinski definition) is 4. The molecule has 0 amide bonds. The van der Waals surface area contributed by atoms with Crippen molar-refractivity contribution in [2.45, 2.75) is 32.0 Å². The third-order valence-electron chi connectivity index (χ3n) is 2.38. The van der Waals surface area contributed by atoms with Gasteiger partial charge in [-0.3, -0.25) is 4.68 Å². The zero-order valence-corrected chi connectivity index (χ0v) is 9.06. The molecule has 1 atom stereocenters.